The minimum atomic E-state index is 0.864. The van der Waals surface area contributed by atoms with E-state index in [0.29, 0.717) is 0 Å². The van der Waals surface area contributed by atoms with E-state index >= 15 is 0 Å². The summed E-state index contributed by atoms with van der Waals surface area (Å²) >= 11 is 0. The molecule has 4 aromatic rings. The number of aryl methyl sites for hydroxylation is 1. The van der Waals surface area contributed by atoms with Gasteiger partial charge in [-0.15, -0.1) is 0 Å². The molecule has 0 atom stereocenters. The van der Waals surface area contributed by atoms with E-state index in [1.807, 2.05) is 43.7 Å². The average Bonchev–Trinajstić information content (AvgIpc) is 2.77. The molecule has 0 radical (unpaired) electrons. The summed E-state index contributed by atoms with van der Waals surface area (Å²) < 4.78 is 0. The van der Waals surface area contributed by atoms with Crippen LogP contribution in [0.1, 0.15) is 22.3 Å². The standard InChI is InChI=1S/C26H24N4/c1-19-18-28-15-12-26(19)30-24-8-6-23(7-9-24)20(2)29-25-5-3-4-22(17-25)16-21-10-13-27-14-11-21/h3-15,17-18,29H,2,16H2,1H3,(H,28,30). The molecule has 148 valence electrons. The quantitative estimate of drug-likeness (QED) is 0.393. The summed E-state index contributed by atoms with van der Waals surface area (Å²) in [5.41, 5.74) is 8.62. The third-order valence-electron chi connectivity index (χ3n) is 4.91. The number of benzene rings is 2. The molecule has 2 aromatic carbocycles. The minimum Gasteiger partial charge on any atom is -0.356 e. The lowest BCUT2D eigenvalue weighted by Gasteiger charge is -2.13. The van der Waals surface area contributed by atoms with E-state index in [1.165, 1.54) is 11.1 Å². The normalized spacial score (nSPS) is 10.4. The van der Waals surface area contributed by atoms with Gasteiger partial charge >= 0.3 is 0 Å². The molecule has 0 aliphatic carbocycles. The van der Waals surface area contributed by atoms with Crippen LogP contribution in [-0.4, -0.2) is 9.97 Å². The predicted octanol–water partition coefficient (Wildman–Crippen LogP) is 6.20. The molecule has 0 aliphatic rings. The molecule has 0 unspecified atom stereocenters. The van der Waals surface area contributed by atoms with Crippen LogP contribution in [0.3, 0.4) is 0 Å². The maximum absolute atomic E-state index is 4.21. The summed E-state index contributed by atoms with van der Waals surface area (Å²) in [6, 6.07) is 22.7. The van der Waals surface area contributed by atoms with Crippen LogP contribution in [-0.2, 0) is 6.42 Å². The first-order chi connectivity index (χ1) is 14.7. The Bertz CT molecular complexity index is 1140. The topological polar surface area (TPSA) is 49.8 Å². The molecule has 4 rings (SSSR count). The Morgan fingerprint density at radius 1 is 0.833 bits per heavy atom. The van der Waals surface area contributed by atoms with Crippen LogP contribution in [0.2, 0.25) is 0 Å². The Labute approximate surface area is 177 Å². The minimum absolute atomic E-state index is 0.864. The second kappa shape index (κ2) is 9.05. The van der Waals surface area contributed by atoms with Crippen LogP contribution in [0.5, 0.6) is 0 Å². The lowest BCUT2D eigenvalue weighted by molar-refractivity contribution is 1.16. The van der Waals surface area contributed by atoms with Gasteiger partial charge in [-0.1, -0.05) is 30.8 Å². The summed E-state index contributed by atoms with van der Waals surface area (Å²) in [4.78, 5) is 8.21. The fourth-order valence-corrected chi connectivity index (χ4v) is 3.27. The fraction of sp³-hybridized carbons (Fsp3) is 0.0769. The van der Waals surface area contributed by atoms with Gasteiger partial charge in [0.15, 0.2) is 0 Å². The zero-order valence-corrected chi connectivity index (χ0v) is 17.0. The maximum atomic E-state index is 4.21. The zero-order valence-electron chi connectivity index (χ0n) is 17.0. The van der Waals surface area contributed by atoms with Crippen LogP contribution in [0.15, 0.2) is 98.1 Å². The van der Waals surface area contributed by atoms with Gasteiger partial charge in [-0.2, -0.15) is 0 Å². The Hall–Kier alpha value is -3.92. The van der Waals surface area contributed by atoms with Crippen molar-refractivity contribution in [3.05, 3.63) is 120 Å². The number of pyridine rings is 2. The van der Waals surface area contributed by atoms with E-state index in [4.69, 9.17) is 0 Å². The molecule has 0 bridgehead atoms. The molecule has 30 heavy (non-hydrogen) atoms. The molecule has 2 N–H and O–H groups in total. The molecule has 2 aromatic heterocycles. The molecule has 0 saturated carbocycles. The third kappa shape index (κ3) is 4.92. The molecule has 4 nitrogen and oxygen atoms in total. The summed E-state index contributed by atoms with van der Waals surface area (Å²) in [5.74, 6) is 0. The van der Waals surface area contributed by atoms with Crippen molar-refractivity contribution in [2.75, 3.05) is 10.6 Å². The fourth-order valence-electron chi connectivity index (χ4n) is 3.27. The highest BCUT2D eigenvalue weighted by molar-refractivity contribution is 5.76. The SMILES string of the molecule is C=C(Nc1cccc(Cc2ccncc2)c1)c1ccc(Nc2ccncc2C)cc1. The van der Waals surface area contributed by atoms with Crippen molar-refractivity contribution in [3.8, 4) is 0 Å². The number of aromatic nitrogens is 2. The third-order valence-corrected chi connectivity index (χ3v) is 4.91. The van der Waals surface area contributed by atoms with Gasteiger partial charge in [0.25, 0.3) is 0 Å². The predicted molar refractivity (Wildman–Crippen MR) is 125 cm³/mol. The molecule has 0 spiro atoms. The van der Waals surface area contributed by atoms with Gasteiger partial charge in [-0.05, 0) is 78.1 Å². The van der Waals surface area contributed by atoms with Crippen molar-refractivity contribution in [1.29, 1.82) is 0 Å². The highest BCUT2D eigenvalue weighted by Crippen LogP contribution is 2.23. The number of rotatable bonds is 7. The van der Waals surface area contributed by atoms with Crippen molar-refractivity contribution >= 4 is 22.8 Å². The lowest BCUT2D eigenvalue weighted by atomic mass is 10.1. The molecule has 0 aliphatic heterocycles. The first kappa shape index (κ1) is 19.4. The van der Waals surface area contributed by atoms with Gasteiger partial charge in [0.1, 0.15) is 0 Å². The Morgan fingerprint density at radius 2 is 1.60 bits per heavy atom. The Balaban J connectivity index is 1.41. The summed E-state index contributed by atoms with van der Waals surface area (Å²) in [6.45, 7) is 6.25. The van der Waals surface area contributed by atoms with Gasteiger partial charge in [0.2, 0.25) is 0 Å². The number of hydrogen-bond acceptors (Lipinski definition) is 4. The van der Waals surface area contributed by atoms with Crippen LogP contribution >= 0.6 is 0 Å². The summed E-state index contributed by atoms with van der Waals surface area (Å²) in [7, 11) is 0. The number of anilines is 3. The van der Waals surface area contributed by atoms with E-state index in [-0.39, 0.29) is 0 Å². The number of nitrogens with zero attached hydrogens (tertiary/aromatic N) is 2. The van der Waals surface area contributed by atoms with Crippen molar-refractivity contribution in [2.24, 2.45) is 0 Å². The number of hydrogen-bond donors (Lipinski definition) is 2. The smallest absolute Gasteiger partial charge is 0.0444 e. The molecule has 0 amide bonds. The molecule has 4 heteroatoms. The van der Waals surface area contributed by atoms with E-state index < -0.39 is 0 Å². The second-order valence-electron chi connectivity index (χ2n) is 7.23. The van der Waals surface area contributed by atoms with Gasteiger partial charge in [0, 0.05) is 47.5 Å². The van der Waals surface area contributed by atoms with E-state index in [9.17, 15) is 0 Å². The average molecular weight is 393 g/mol. The van der Waals surface area contributed by atoms with E-state index in [0.717, 1.165) is 40.3 Å². The first-order valence-electron chi connectivity index (χ1n) is 9.89. The molecule has 0 fully saturated rings. The van der Waals surface area contributed by atoms with Gasteiger partial charge in [-0.25, -0.2) is 0 Å². The van der Waals surface area contributed by atoms with Crippen molar-refractivity contribution in [2.45, 2.75) is 13.3 Å². The largest absolute Gasteiger partial charge is 0.356 e. The molecular formula is C26H24N4. The van der Waals surface area contributed by atoms with Crippen molar-refractivity contribution in [1.82, 2.24) is 9.97 Å². The van der Waals surface area contributed by atoms with Crippen molar-refractivity contribution in [3.63, 3.8) is 0 Å². The van der Waals surface area contributed by atoms with Crippen LogP contribution < -0.4 is 10.6 Å². The first-order valence-corrected chi connectivity index (χ1v) is 9.89. The van der Waals surface area contributed by atoms with Gasteiger partial charge in [-0.3, -0.25) is 9.97 Å². The van der Waals surface area contributed by atoms with Crippen molar-refractivity contribution < 1.29 is 0 Å². The van der Waals surface area contributed by atoms with E-state index in [2.05, 4.69) is 75.7 Å². The molecule has 0 saturated heterocycles. The number of nitrogens with one attached hydrogen (secondary N) is 2. The Kier molecular flexibility index (Phi) is 5.85. The van der Waals surface area contributed by atoms with Gasteiger partial charge < -0.3 is 10.6 Å². The second-order valence-corrected chi connectivity index (χ2v) is 7.23. The molecular weight excluding hydrogens is 368 g/mol. The van der Waals surface area contributed by atoms with E-state index in [1.54, 1.807) is 6.20 Å². The summed E-state index contributed by atoms with van der Waals surface area (Å²) in [5, 5.41) is 6.85. The lowest BCUT2D eigenvalue weighted by Crippen LogP contribution is -1.99. The maximum Gasteiger partial charge on any atom is 0.0444 e. The zero-order chi connectivity index (χ0) is 20.8. The monoisotopic (exact) mass is 392 g/mol. The van der Waals surface area contributed by atoms with Gasteiger partial charge in [0.05, 0.1) is 0 Å². The van der Waals surface area contributed by atoms with Crippen LogP contribution in [0.4, 0.5) is 17.1 Å². The summed E-state index contributed by atoms with van der Waals surface area (Å²) in [6.07, 6.45) is 8.17. The highest BCUT2D eigenvalue weighted by atomic mass is 14.9. The molecule has 2 heterocycles. The Morgan fingerprint density at radius 3 is 2.37 bits per heavy atom. The highest BCUT2D eigenvalue weighted by Gasteiger charge is 2.04. The van der Waals surface area contributed by atoms with Crippen LogP contribution in [0.25, 0.3) is 5.70 Å². The van der Waals surface area contributed by atoms with Crippen LogP contribution in [0, 0.1) is 6.92 Å².